The van der Waals surface area contributed by atoms with Crippen molar-refractivity contribution in [3.63, 3.8) is 0 Å². The van der Waals surface area contributed by atoms with Crippen molar-refractivity contribution in [2.45, 2.75) is 24.5 Å². The van der Waals surface area contributed by atoms with Crippen LogP contribution < -0.4 is 0 Å². The smallest absolute Gasteiger partial charge is 0.197 e. The van der Waals surface area contributed by atoms with Gasteiger partial charge in [0, 0.05) is 6.20 Å². The summed E-state index contributed by atoms with van der Waals surface area (Å²) in [5.74, 6) is 2.24. The Kier molecular flexibility index (Phi) is 2.47. The summed E-state index contributed by atoms with van der Waals surface area (Å²) in [5, 5.41) is 14.5. The lowest BCUT2D eigenvalue weighted by Gasteiger charge is -2.17. The second kappa shape index (κ2) is 3.97. The maximum atomic E-state index is 9.65. The van der Waals surface area contributed by atoms with Gasteiger partial charge in [-0.3, -0.25) is 0 Å². The first-order valence-electron chi connectivity index (χ1n) is 5.50. The van der Waals surface area contributed by atoms with E-state index in [1.807, 2.05) is 18.0 Å². The van der Waals surface area contributed by atoms with Gasteiger partial charge in [0.05, 0.1) is 5.25 Å². The van der Waals surface area contributed by atoms with Gasteiger partial charge in [0.25, 0.3) is 0 Å². The van der Waals surface area contributed by atoms with Crippen molar-refractivity contribution in [2.75, 3.05) is 5.75 Å². The quantitative estimate of drug-likeness (QED) is 0.824. The fourth-order valence-corrected chi connectivity index (χ4v) is 3.23. The van der Waals surface area contributed by atoms with Crippen molar-refractivity contribution in [3.05, 3.63) is 24.2 Å². The minimum Gasteiger partial charge on any atom is -0.504 e. The first kappa shape index (κ1) is 9.96. The van der Waals surface area contributed by atoms with E-state index in [-0.39, 0.29) is 5.75 Å². The van der Waals surface area contributed by atoms with E-state index in [0.29, 0.717) is 10.9 Å². The topological polar surface area (TPSA) is 50.4 Å². The van der Waals surface area contributed by atoms with Crippen molar-refractivity contribution >= 4 is 17.4 Å². The minimum absolute atomic E-state index is 0.196. The Morgan fingerprint density at radius 3 is 3.12 bits per heavy atom. The molecule has 1 N–H and O–H groups in total. The maximum absolute atomic E-state index is 9.65. The highest BCUT2D eigenvalue weighted by molar-refractivity contribution is 7.99. The van der Waals surface area contributed by atoms with Crippen LogP contribution in [0.1, 0.15) is 30.3 Å². The molecule has 0 aromatic carbocycles. The van der Waals surface area contributed by atoms with Gasteiger partial charge < -0.3 is 5.11 Å². The second-order valence-corrected chi connectivity index (χ2v) is 5.30. The zero-order valence-corrected chi connectivity index (χ0v) is 9.65. The third-order valence-corrected chi connectivity index (χ3v) is 4.20. The molecule has 1 aliphatic rings. The molecular weight excluding hydrogens is 222 g/mol. The fraction of sp³-hybridized carbons (Fsp3) is 0.455. The molecule has 0 radical (unpaired) electrons. The predicted molar refractivity (Wildman–Crippen MR) is 63.7 cm³/mol. The highest BCUT2D eigenvalue weighted by Crippen LogP contribution is 2.37. The van der Waals surface area contributed by atoms with Crippen LogP contribution in [0.15, 0.2) is 18.3 Å². The Morgan fingerprint density at radius 1 is 1.44 bits per heavy atom. The van der Waals surface area contributed by atoms with Gasteiger partial charge in [-0.25, -0.2) is 9.50 Å². The van der Waals surface area contributed by atoms with Crippen LogP contribution in [-0.2, 0) is 0 Å². The molecule has 16 heavy (non-hydrogen) atoms. The molecule has 0 amide bonds. The summed E-state index contributed by atoms with van der Waals surface area (Å²) in [6, 6.07) is 3.41. The number of aromatic nitrogens is 3. The zero-order valence-electron chi connectivity index (χ0n) is 8.83. The molecule has 3 heterocycles. The van der Waals surface area contributed by atoms with Crippen LogP contribution in [0.2, 0.25) is 0 Å². The molecule has 0 aliphatic carbocycles. The van der Waals surface area contributed by atoms with Gasteiger partial charge in [0.1, 0.15) is 0 Å². The van der Waals surface area contributed by atoms with Gasteiger partial charge in [-0.15, -0.1) is 5.10 Å². The van der Waals surface area contributed by atoms with Crippen molar-refractivity contribution in [2.24, 2.45) is 0 Å². The van der Waals surface area contributed by atoms with E-state index in [0.717, 1.165) is 12.2 Å². The molecule has 1 fully saturated rings. The lowest BCUT2D eigenvalue weighted by Crippen LogP contribution is -2.04. The SMILES string of the molecule is Oc1cccn2nc(C3CCCCS3)nc12. The van der Waals surface area contributed by atoms with Gasteiger partial charge in [0.15, 0.2) is 17.2 Å². The van der Waals surface area contributed by atoms with E-state index in [1.54, 1.807) is 16.6 Å². The van der Waals surface area contributed by atoms with Crippen LogP contribution in [0.3, 0.4) is 0 Å². The molecule has 3 rings (SSSR count). The van der Waals surface area contributed by atoms with Crippen molar-refractivity contribution in [1.29, 1.82) is 0 Å². The Balaban J connectivity index is 2.01. The van der Waals surface area contributed by atoms with Gasteiger partial charge in [-0.05, 0) is 30.7 Å². The summed E-state index contributed by atoms with van der Waals surface area (Å²) >= 11 is 1.92. The van der Waals surface area contributed by atoms with Crippen LogP contribution in [0.5, 0.6) is 5.75 Å². The average molecular weight is 235 g/mol. The molecule has 84 valence electrons. The number of fused-ring (bicyclic) bond motifs is 1. The third kappa shape index (κ3) is 1.65. The van der Waals surface area contributed by atoms with Crippen LogP contribution in [-0.4, -0.2) is 25.5 Å². The first-order chi connectivity index (χ1) is 7.84. The summed E-state index contributed by atoms with van der Waals surface area (Å²) in [5.41, 5.74) is 0.559. The largest absolute Gasteiger partial charge is 0.504 e. The van der Waals surface area contributed by atoms with Crippen LogP contribution in [0.4, 0.5) is 0 Å². The molecule has 1 unspecified atom stereocenters. The second-order valence-electron chi connectivity index (χ2n) is 3.99. The number of rotatable bonds is 1. The van der Waals surface area contributed by atoms with E-state index in [2.05, 4.69) is 10.1 Å². The molecule has 2 aromatic heterocycles. The van der Waals surface area contributed by atoms with Crippen LogP contribution in [0.25, 0.3) is 5.65 Å². The molecule has 0 saturated carbocycles. The number of thioether (sulfide) groups is 1. The molecule has 1 saturated heterocycles. The van der Waals surface area contributed by atoms with E-state index >= 15 is 0 Å². The summed E-state index contributed by atoms with van der Waals surface area (Å²) in [6.45, 7) is 0. The lowest BCUT2D eigenvalue weighted by molar-refractivity contribution is 0.477. The monoisotopic (exact) mass is 235 g/mol. The Hall–Kier alpha value is -1.23. The molecule has 0 bridgehead atoms. The number of hydrogen-bond acceptors (Lipinski definition) is 4. The summed E-state index contributed by atoms with van der Waals surface area (Å²) in [4.78, 5) is 4.42. The molecule has 0 spiro atoms. The van der Waals surface area contributed by atoms with Gasteiger partial charge in [0.2, 0.25) is 0 Å². The van der Waals surface area contributed by atoms with Crippen LogP contribution >= 0.6 is 11.8 Å². The van der Waals surface area contributed by atoms with Gasteiger partial charge in [-0.1, -0.05) is 6.42 Å². The molecule has 5 heteroatoms. The molecular formula is C11H13N3OS. The molecule has 1 atom stereocenters. The number of aromatic hydroxyl groups is 1. The highest BCUT2D eigenvalue weighted by Gasteiger charge is 2.20. The summed E-state index contributed by atoms with van der Waals surface area (Å²) < 4.78 is 1.65. The van der Waals surface area contributed by atoms with Crippen molar-refractivity contribution < 1.29 is 5.11 Å². The van der Waals surface area contributed by atoms with E-state index in [9.17, 15) is 5.11 Å². The summed E-state index contributed by atoms with van der Waals surface area (Å²) in [6.07, 6.45) is 5.50. The lowest BCUT2D eigenvalue weighted by atomic mass is 10.2. The Labute approximate surface area is 97.7 Å². The van der Waals surface area contributed by atoms with E-state index in [4.69, 9.17) is 0 Å². The van der Waals surface area contributed by atoms with Gasteiger partial charge in [-0.2, -0.15) is 11.8 Å². The van der Waals surface area contributed by atoms with Crippen LogP contribution in [0, 0.1) is 0 Å². The first-order valence-corrected chi connectivity index (χ1v) is 6.55. The average Bonchev–Trinajstić information content (AvgIpc) is 2.76. The number of pyridine rings is 1. The number of hydrogen-bond donors (Lipinski definition) is 1. The maximum Gasteiger partial charge on any atom is 0.197 e. The highest BCUT2D eigenvalue weighted by atomic mass is 32.2. The summed E-state index contributed by atoms with van der Waals surface area (Å²) in [7, 11) is 0. The van der Waals surface area contributed by atoms with E-state index in [1.165, 1.54) is 18.6 Å². The third-order valence-electron chi connectivity index (χ3n) is 2.83. The standard InChI is InChI=1S/C11H13N3OS/c15-8-4-3-6-14-11(8)12-10(13-14)9-5-1-2-7-16-9/h3-4,6,9,15H,1-2,5,7H2. The Morgan fingerprint density at radius 2 is 2.38 bits per heavy atom. The molecule has 4 nitrogen and oxygen atoms in total. The minimum atomic E-state index is 0.196. The van der Waals surface area contributed by atoms with Crippen molar-refractivity contribution in [1.82, 2.24) is 14.6 Å². The predicted octanol–water partition coefficient (Wildman–Crippen LogP) is 2.39. The normalized spacial score (nSPS) is 21.4. The zero-order chi connectivity index (χ0) is 11.0. The van der Waals surface area contributed by atoms with E-state index < -0.39 is 0 Å². The number of nitrogens with zero attached hydrogens (tertiary/aromatic N) is 3. The fourth-order valence-electron chi connectivity index (χ4n) is 1.99. The molecule has 1 aliphatic heterocycles. The molecule has 2 aromatic rings. The van der Waals surface area contributed by atoms with Gasteiger partial charge >= 0.3 is 0 Å². The Bertz CT molecular complexity index is 505. The van der Waals surface area contributed by atoms with Crippen molar-refractivity contribution in [3.8, 4) is 5.75 Å².